The first kappa shape index (κ1) is 30.3. The Morgan fingerprint density at radius 3 is 1.27 bits per heavy atom. The number of hydrogen-bond donors (Lipinski definition) is 3. The average Bonchev–Trinajstić information content (AvgIpc) is 2.39. The maximum Gasteiger partial charge on any atom is 0.157 e. The number of hydrogen-bond acceptors (Lipinski definition) is 7. The van der Waals surface area contributed by atoms with Crippen molar-refractivity contribution in [3.05, 3.63) is 6.92 Å². The van der Waals surface area contributed by atoms with Crippen LogP contribution < -0.4 is 5.73 Å². The van der Waals surface area contributed by atoms with Gasteiger partial charge in [0.15, 0.2) is 25.2 Å². The first-order valence-corrected chi connectivity index (χ1v) is 6.96. The summed E-state index contributed by atoms with van der Waals surface area (Å²) in [5.41, 5.74) is 5.10. The summed E-state index contributed by atoms with van der Waals surface area (Å²) in [7, 11) is 3.04. The number of nitrogens with two attached hydrogens (primary N) is 1. The van der Waals surface area contributed by atoms with Gasteiger partial charge in [0, 0.05) is 35.9 Å². The third-order valence-corrected chi connectivity index (χ3v) is 1.90. The van der Waals surface area contributed by atoms with Crippen LogP contribution in [0.1, 0.15) is 40.5 Å². The Kier molecular flexibility index (Phi) is 32.7. The van der Waals surface area contributed by atoms with E-state index in [2.05, 4.69) is 16.4 Å². The van der Waals surface area contributed by atoms with Crippen LogP contribution >= 0.6 is 0 Å². The molecule has 0 aliphatic rings. The molecule has 0 saturated heterocycles. The van der Waals surface area contributed by atoms with Gasteiger partial charge in [0.2, 0.25) is 0 Å². The molecule has 0 spiro atoms. The van der Waals surface area contributed by atoms with E-state index in [1.54, 1.807) is 13.8 Å². The molecule has 0 aliphatic carbocycles. The molecule has 0 aliphatic heterocycles. The summed E-state index contributed by atoms with van der Waals surface area (Å²) in [5, 5.41) is 17.1. The van der Waals surface area contributed by atoms with E-state index < -0.39 is 12.6 Å². The van der Waals surface area contributed by atoms with E-state index in [1.807, 2.05) is 0 Å². The van der Waals surface area contributed by atoms with E-state index in [1.165, 1.54) is 28.1 Å². The minimum absolute atomic E-state index is 0. The number of aliphatic hydroxyl groups excluding tert-OH is 2. The van der Waals surface area contributed by atoms with Crippen molar-refractivity contribution < 1.29 is 50.9 Å². The van der Waals surface area contributed by atoms with E-state index in [0.717, 1.165) is 19.4 Å². The third kappa shape index (κ3) is 37.0. The second-order valence-corrected chi connectivity index (χ2v) is 4.07. The van der Waals surface area contributed by atoms with Gasteiger partial charge in [0.1, 0.15) is 0 Å². The van der Waals surface area contributed by atoms with Gasteiger partial charge >= 0.3 is 0 Å². The number of methoxy groups -OCH3 is 2. The molecule has 7 nitrogen and oxygen atoms in total. The summed E-state index contributed by atoms with van der Waals surface area (Å²) in [5.74, 6) is 0. The first-order valence-electron chi connectivity index (χ1n) is 6.96. The average molecular weight is 360 g/mol. The normalized spacial score (nSPS) is 15.0. The zero-order valence-electron chi connectivity index (χ0n) is 14.7. The molecule has 0 aromatic heterocycles. The zero-order chi connectivity index (χ0) is 17.3. The van der Waals surface area contributed by atoms with Crippen molar-refractivity contribution in [2.45, 2.75) is 65.7 Å². The second-order valence-electron chi connectivity index (χ2n) is 4.07. The fraction of sp³-hybridized carbons (Fsp3) is 0.929. The summed E-state index contributed by atoms with van der Waals surface area (Å²) >= 11 is 0. The van der Waals surface area contributed by atoms with Crippen molar-refractivity contribution >= 4 is 0 Å². The van der Waals surface area contributed by atoms with E-state index in [9.17, 15) is 0 Å². The molecule has 0 amide bonds. The van der Waals surface area contributed by atoms with Crippen LogP contribution in [0.15, 0.2) is 0 Å². The predicted octanol–water partition coefficient (Wildman–Crippen LogP) is 1.22. The molecule has 136 valence electrons. The number of ether oxygens (including phenoxy) is 4. The van der Waals surface area contributed by atoms with Gasteiger partial charge in [-0.15, -0.1) is 0 Å². The minimum atomic E-state index is -0.745. The maximum absolute atomic E-state index is 8.55. The zero-order valence-corrected chi connectivity index (χ0v) is 16.3. The molecule has 4 N–H and O–H groups in total. The van der Waals surface area contributed by atoms with Crippen molar-refractivity contribution in [2.75, 3.05) is 20.8 Å². The van der Waals surface area contributed by atoms with Crippen LogP contribution in [-0.2, 0) is 40.7 Å². The van der Waals surface area contributed by atoms with Crippen molar-refractivity contribution in [1.82, 2.24) is 0 Å². The van der Waals surface area contributed by atoms with E-state index >= 15 is 0 Å². The standard InChI is InChI=1S/2C5H12O3.C4H10N.Ti/c2*1-4(6)8-5(2)7-3;1-2-3-4-5;/h2*4-6H,1-3H3;1-5H2;/q;;-1;. The van der Waals surface area contributed by atoms with Crippen LogP contribution in [0.25, 0.3) is 0 Å². The molecule has 4 atom stereocenters. The van der Waals surface area contributed by atoms with Crippen LogP contribution in [0.4, 0.5) is 0 Å². The van der Waals surface area contributed by atoms with Gasteiger partial charge in [-0.3, -0.25) is 0 Å². The van der Waals surface area contributed by atoms with Crippen LogP contribution in [-0.4, -0.2) is 56.1 Å². The van der Waals surface area contributed by atoms with Gasteiger partial charge in [-0.05, 0) is 34.2 Å². The Hall–Kier alpha value is 0.434. The Morgan fingerprint density at radius 2 is 1.23 bits per heavy atom. The number of rotatable bonds is 8. The van der Waals surface area contributed by atoms with Crippen molar-refractivity contribution in [2.24, 2.45) is 5.73 Å². The molecule has 0 saturated carbocycles. The molecule has 0 radical (unpaired) electrons. The van der Waals surface area contributed by atoms with E-state index in [0.29, 0.717) is 0 Å². The monoisotopic (exact) mass is 360 g/mol. The Bertz CT molecular complexity index is 169. The fourth-order valence-electron chi connectivity index (χ4n) is 0.810. The SMILES string of the molecule is COC(C)OC(C)O.COC(C)OC(C)O.[CH2-]CCCN.[Ti]. The minimum Gasteiger partial charge on any atom is -0.368 e. The molecule has 0 heterocycles. The molecule has 0 aromatic carbocycles. The van der Waals surface area contributed by atoms with Gasteiger partial charge in [0.05, 0.1) is 0 Å². The molecule has 0 aromatic rings. The van der Waals surface area contributed by atoms with Gasteiger partial charge in [-0.25, -0.2) is 0 Å². The number of unbranched alkanes of at least 4 members (excludes halogenated alkanes) is 1. The smallest absolute Gasteiger partial charge is 0.157 e. The maximum atomic E-state index is 8.55. The summed E-state index contributed by atoms with van der Waals surface area (Å²) < 4.78 is 18.8. The van der Waals surface area contributed by atoms with Crippen molar-refractivity contribution in [3.63, 3.8) is 0 Å². The topological polar surface area (TPSA) is 103 Å². The van der Waals surface area contributed by atoms with Gasteiger partial charge in [-0.1, -0.05) is 6.42 Å². The molecule has 22 heavy (non-hydrogen) atoms. The molecule has 0 rings (SSSR count). The van der Waals surface area contributed by atoms with Crippen LogP contribution in [0, 0.1) is 6.92 Å². The molecule has 0 fully saturated rings. The summed E-state index contributed by atoms with van der Waals surface area (Å²) in [6.07, 6.45) is -0.115. The van der Waals surface area contributed by atoms with Gasteiger partial charge < -0.3 is 41.8 Å². The largest absolute Gasteiger partial charge is 0.368 e. The molecule has 0 bridgehead atoms. The van der Waals surface area contributed by atoms with Crippen molar-refractivity contribution in [1.29, 1.82) is 0 Å². The van der Waals surface area contributed by atoms with Gasteiger partial charge in [-0.2, -0.15) is 6.42 Å². The molecule has 8 heteroatoms. The summed E-state index contributed by atoms with van der Waals surface area (Å²) in [6, 6.07) is 0. The quantitative estimate of drug-likeness (QED) is 0.340. The van der Waals surface area contributed by atoms with Gasteiger partial charge in [0.25, 0.3) is 0 Å². The molecule has 4 unspecified atom stereocenters. The summed E-state index contributed by atoms with van der Waals surface area (Å²) in [6.45, 7) is 10.9. The molecular weight excluding hydrogens is 326 g/mol. The predicted molar refractivity (Wildman–Crippen MR) is 82.1 cm³/mol. The van der Waals surface area contributed by atoms with Crippen LogP contribution in [0.2, 0.25) is 0 Å². The third-order valence-electron chi connectivity index (χ3n) is 1.90. The fourth-order valence-corrected chi connectivity index (χ4v) is 0.810. The van der Waals surface area contributed by atoms with E-state index in [4.69, 9.17) is 25.4 Å². The number of aliphatic hydroxyl groups is 2. The Labute approximate surface area is 150 Å². The van der Waals surface area contributed by atoms with Crippen LogP contribution in [0.3, 0.4) is 0 Å². The Balaban J connectivity index is -0.000000111. The van der Waals surface area contributed by atoms with Crippen LogP contribution in [0.5, 0.6) is 0 Å². The van der Waals surface area contributed by atoms with E-state index in [-0.39, 0.29) is 34.3 Å². The summed E-state index contributed by atoms with van der Waals surface area (Å²) in [4.78, 5) is 0. The Morgan fingerprint density at radius 1 is 0.909 bits per heavy atom. The first-order chi connectivity index (χ1) is 9.74. The van der Waals surface area contributed by atoms with Crippen molar-refractivity contribution in [3.8, 4) is 0 Å². The molecular formula is C14H34NO6Ti-. The second kappa shape index (κ2) is 23.7.